The van der Waals surface area contributed by atoms with Crippen LogP contribution in [0.2, 0.25) is 0 Å². The van der Waals surface area contributed by atoms with Crippen molar-refractivity contribution in [1.29, 1.82) is 0 Å². The molecule has 0 unspecified atom stereocenters. The van der Waals surface area contributed by atoms with Crippen LogP contribution in [0, 0.1) is 6.92 Å². The first-order valence-electron chi connectivity index (χ1n) is 9.18. The molecule has 3 aromatic rings. The molecule has 2 aromatic carbocycles. The van der Waals surface area contributed by atoms with Crippen molar-refractivity contribution in [2.24, 2.45) is 0 Å². The van der Waals surface area contributed by atoms with Gasteiger partial charge in [0, 0.05) is 36.8 Å². The fraction of sp³-hybridized carbons (Fsp3) is 0.238. The Morgan fingerprint density at radius 2 is 1.93 bits per heavy atom. The van der Waals surface area contributed by atoms with Crippen LogP contribution >= 0.6 is 0 Å². The van der Waals surface area contributed by atoms with E-state index in [4.69, 9.17) is 0 Å². The number of sulfonamides is 1. The lowest BCUT2D eigenvalue weighted by Gasteiger charge is -2.16. The number of nitrogens with zero attached hydrogens (tertiary/aromatic N) is 2. The summed E-state index contributed by atoms with van der Waals surface area (Å²) in [5.74, 6) is 0.132. The van der Waals surface area contributed by atoms with Gasteiger partial charge < -0.3 is 4.90 Å². The van der Waals surface area contributed by atoms with Gasteiger partial charge in [0.25, 0.3) is 0 Å². The van der Waals surface area contributed by atoms with Crippen LogP contribution in [0.4, 0.5) is 5.69 Å². The normalized spacial score (nSPS) is 14.8. The summed E-state index contributed by atoms with van der Waals surface area (Å²) in [5.41, 5.74) is 3.11. The zero-order valence-electron chi connectivity index (χ0n) is 15.6. The van der Waals surface area contributed by atoms with E-state index in [2.05, 4.69) is 9.71 Å². The molecule has 1 N–H and O–H groups in total. The highest BCUT2D eigenvalue weighted by Gasteiger charge is 2.22. The number of aryl methyl sites for hydroxylation is 1. The van der Waals surface area contributed by atoms with Crippen LogP contribution in [0.1, 0.15) is 24.0 Å². The molecular weight excluding hydrogens is 374 g/mol. The Morgan fingerprint density at radius 1 is 1.14 bits per heavy atom. The zero-order chi connectivity index (χ0) is 19.7. The van der Waals surface area contributed by atoms with Gasteiger partial charge in [-0.2, -0.15) is 0 Å². The maximum absolute atomic E-state index is 12.8. The first-order valence-corrected chi connectivity index (χ1v) is 10.7. The molecule has 4 rings (SSSR count). The summed E-state index contributed by atoms with van der Waals surface area (Å²) in [7, 11) is -3.71. The van der Waals surface area contributed by atoms with Crippen LogP contribution in [0.25, 0.3) is 10.9 Å². The van der Waals surface area contributed by atoms with Crippen LogP contribution in [0.3, 0.4) is 0 Å². The lowest BCUT2D eigenvalue weighted by atomic mass is 10.2. The Balaban J connectivity index is 1.52. The summed E-state index contributed by atoms with van der Waals surface area (Å²) in [6.07, 6.45) is 3.12. The predicted molar refractivity (Wildman–Crippen MR) is 109 cm³/mol. The van der Waals surface area contributed by atoms with Crippen LogP contribution < -0.4 is 9.62 Å². The van der Waals surface area contributed by atoms with Crippen LogP contribution in [0.5, 0.6) is 0 Å². The minimum absolute atomic E-state index is 0.132. The highest BCUT2D eigenvalue weighted by Crippen LogP contribution is 2.23. The highest BCUT2D eigenvalue weighted by molar-refractivity contribution is 7.89. The molecule has 1 aliphatic rings. The van der Waals surface area contributed by atoms with Crippen molar-refractivity contribution in [3.8, 4) is 0 Å². The fourth-order valence-corrected chi connectivity index (χ4v) is 4.63. The van der Waals surface area contributed by atoms with Crippen molar-refractivity contribution in [1.82, 2.24) is 9.71 Å². The van der Waals surface area contributed by atoms with Crippen molar-refractivity contribution >= 4 is 32.5 Å². The molecule has 1 saturated heterocycles. The molecule has 6 nitrogen and oxygen atoms in total. The minimum Gasteiger partial charge on any atom is -0.312 e. The fourth-order valence-electron chi connectivity index (χ4n) is 3.43. The Morgan fingerprint density at radius 3 is 2.64 bits per heavy atom. The summed E-state index contributed by atoms with van der Waals surface area (Å²) >= 11 is 0. The molecule has 1 aromatic heterocycles. The van der Waals surface area contributed by atoms with Crippen molar-refractivity contribution in [3.63, 3.8) is 0 Å². The molecule has 0 aliphatic carbocycles. The number of benzene rings is 2. The lowest BCUT2D eigenvalue weighted by Crippen LogP contribution is -2.24. The van der Waals surface area contributed by atoms with E-state index in [1.807, 2.05) is 43.3 Å². The SMILES string of the molecule is Cc1cnc2c(S(=O)(=O)NCc3ccc(N4CCCC4=O)cc3)cccc2c1. The third-order valence-electron chi connectivity index (χ3n) is 4.89. The van der Waals surface area contributed by atoms with E-state index in [1.165, 1.54) is 0 Å². The molecule has 0 saturated carbocycles. The zero-order valence-corrected chi connectivity index (χ0v) is 16.4. The van der Waals surface area contributed by atoms with E-state index >= 15 is 0 Å². The van der Waals surface area contributed by atoms with E-state index in [9.17, 15) is 13.2 Å². The Hall–Kier alpha value is -2.77. The largest absolute Gasteiger partial charge is 0.312 e. The van der Waals surface area contributed by atoms with E-state index in [0.29, 0.717) is 11.9 Å². The molecule has 7 heteroatoms. The number of amides is 1. The third kappa shape index (κ3) is 3.63. The molecular formula is C21H21N3O3S. The molecule has 28 heavy (non-hydrogen) atoms. The number of para-hydroxylation sites is 1. The van der Waals surface area contributed by atoms with E-state index in [0.717, 1.165) is 35.2 Å². The van der Waals surface area contributed by atoms with Crippen LogP contribution in [-0.2, 0) is 21.4 Å². The van der Waals surface area contributed by atoms with Gasteiger partial charge in [-0.25, -0.2) is 13.1 Å². The number of hydrogen-bond donors (Lipinski definition) is 1. The standard InChI is InChI=1S/C21H21N3O3S/c1-15-12-17-4-2-5-19(21(17)22-13-15)28(26,27)23-14-16-7-9-18(10-8-16)24-11-3-6-20(24)25/h2,4-5,7-10,12-13,23H,3,6,11,14H2,1H3. The predicted octanol–water partition coefficient (Wildman–Crippen LogP) is 3.15. The van der Waals surface area contributed by atoms with Crippen molar-refractivity contribution < 1.29 is 13.2 Å². The molecule has 2 heterocycles. The average molecular weight is 395 g/mol. The number of pyridine rings is 1. The number of fused-ring (bicyclic) bond motifs is 1. The molecule has 0 spiro atoms. The average Bonchev–Trinajstić information content (AvgIpc) is 3.12. The summed E-state index contributed by atoms with van der Waals surface area (Å²) < 4.78 is 28.3. The number of nitrogens with one attached hydrogen (secondary N) is 1. The van der Waals surface area contributed by atoms with Crippen molar-refractivity contribution in [3.05, 3.63) is 65.9 Å². The molecule has 1 aliphatic heterocycles. The van der Waals surface area contributed by atoms with Crippen LogP contribution in [0.15, 0.2) is 59.6 Å². The van der Waals surface area contributed by atoms with Crippen LogP contribution in [-0.4, -0.2) is 25.9 Å². The Labute approximate surface area is 164 Å². The maximum Gasteiger partial charge on any atom is 0.243 e. The third-order valence-corrected chi connectivity index (χ3v) is 6.32. The van der Waals surface area contributed by atoms with Gasteiger partial charge in [0.1, 0.15) is 4.90 Å². The first kappa shape index (κ1) is 18.6. The smallest absolute Gasteiger partial charge is 0.243 e. The number of aromatic nitrogens is 1. The van der Waals surface area contributed by atoms with Gasteiger partial charge in [0.2, 0.25) is 15.9 Å². The van der Waals surface area contributed by atoms with Gasteiger partial charge in [-0.3, -0.25) is 9.78 Å². The summed E-state index contributed by atoms with van der Waals surface area (Å²) in [5, 5.41) is 0.794. The second-order valence-corrected chi connectivity index (χ2v) is 8.72. The van der Waals surface area contributed by atoms with Gasteiger partial charge in [-0.1, -0.05) is 24.3 Å². The minimum atomic E-state index is -3.71. The molecule has 144 valence electrons. The number of hydrogen-bond acceptors (Lipinski definition) is 4. The number of carbonyl (C=O) groups excluding carboxylic acids is 1. The number of anilines is 1. The summed E-state index contributed by atoms with van der Waals surface area (Å²) in [6, 6.07) is 14.5. The Bertz CT molecular complexity index is 1140. The maximum atomic E-state index is 12.8. The molecule has 1 amide bonds. The van der Waals surface area contributed by atoms with Crippen molar-refractivity contribution in [2.75, 3.05) is 11.4 Å². The quantitative estimate of drug-likeness (QED) is 0.720. The number of carbonyl (C=O) groups is 1. The van der Waals surface area contributed by atoms with Gasteiger partial charge in [-0.05, 0) is 48.7 Å². The summed E-state index contributed by atoms with van der Waals surface area (Å²) in [6.45, 7) is 2.82. The number of rotatable bonds is 5. The van der Waals surface area contributed by atoms with E-state index in [1.54, 1.807) is 23.2 Å². The van der Waals surface area contributed by atoms with Gasteiger partial charge in [-0.15, -0.1) is 0 Å². The second-order valence-electron chi connectivity index (χ2n) is 6.98. The molecule has 0 bridgehead atoms. The van der Waals surface area contributed by atoms with Gasteiger partial charge in [0.15, 0.2) is 0 Å². The van der Waals surface area contributed by atoms with E-state index in [-0.39, 0.29) is 17.3 Å². The second kappa shape index (κ2) is 7.33. The Kier molecular flexibility index (Phi) is 4.87. The molecule has 0 radical (unpaired) electrons. The topological polar surface area (TPSA) is 79.4 Å². The summed E-state index contributed by atoms with van der Waals surface area (Å²) in [4.78, 5) is 18.1. The highest BCUT2D eigenvalue weighted by atomic mass is 32.2. The van der Waals surface area contributed by atoms with Crippen molar-refractivity contribution in [2.45, 2.75) is 31.2 Å². The molecule has 0 atom stereocenters. The first-order chi connectivity index (χ1) is 13.4. The van der Waals surface area contributed by atoms with E-state index < -0.39 is 10.0 Å². The van der Waals surface area contributed by atoms with Gasteiger partial charge >= 0.3 is 0 Å². The monoisotopic (exact) mass is 395 g/mol. The van der Waals surface area contributed by atoms with Gasteiger partial charge in [0.05, 0.1) is 5.52 Å². The lowest BCUT2D eigenvalue weighted by molar-refractivity contribution is -0.117. The molecule has 1 fully saturated rings.